The SMILES string of the molecule is CCCC[C@](CCCOCOCc1ccccc1)(OC(=O)CCC(=O)OC)[C@@H]1COC(C)(C)O1. The van der Waals surface area contributed by atoms with Crippen LogP contribution in [0.1, 0.15) is 71.3 Å². The Balaban J connectivity index is 1.93. The molecule has 0 unspecified atom stereocenters. The van der Waals surface area contributed by atoms with Crippen LogP contribution in [0.4, 0.5) is 0 Å². The van der Waals surface area contributed by atoms with Gasteiger partial charge in [0, 0.05) is 6.61 Å². The second-order valence-electron chi connectivity index (χ2n) is 9.00. The number of esters is 2. The largest absolute Gasteiger partial charge is 0.469 e. The number of carbonyl (C=O) groups excluding carboxylic acids is 2. The Bertz CT molecular complexity index is 736. The minimum absolute atomic E-state index is 0.0193. The van der Waals surface area contributed by atoms with Crippen LogP contribution in [-0.4, -0.2) is 56.5 Å². The lowest BCUT2D eigenvalue weighted by atomic mass is 9.85. The van der Waals surface area contributed by atoms with E-state index in [0.717, 1.165) is 18.4 Å². The van der Waals surface area contributed by atoms with Crippen LogP contribution in [0.25, 0.3) is 0 Å². The molecule has 8 nitrogen and oxygen atoms in total. The molecule has 2 rings (SSSR count). The molecule has 0 aliphatic carbocycles. The molecule has 1 fully saturated rings. The highest BCUT2D eigenvalue weighted by molar-refractivity contribution is 5.77. The van der Waals surface area contributed by atoms with Gasteiger partial charge in [0.15, 0.2) is 5.79 Å². The van der Waals surface area contributed by atoms with Crippen molar-refractivity contribution >= 4 is 11.9 Å². The number of rotatable bonds is 16. The van der Waals surface area contributed by atoms with Crippen LogP contribution >= 0.6 is 0 Å². The average molecular weight is 481 g/mol. The predicted molar refractivity (Wildman–Crippen MR) is 126 cm³/mol. The smallest absolute Gasteiger partial charge is 0.307 e. The van der Waals surface area contributed by atoms with Crippen LogP contribution in [0.15, 0.2) is 30.3 Å². The highest BCUT2D eigenvalue weighted by Crippen LogP contribution is 2.38. The minimum Gasteiger partial charge on any atom is -0.469 e. The first-order valence-electron chi connectivity index (χ1n) is 12.1. The van der Waals surface area contributed by atoms with Crippen LogP contribution in [0, 0.1) is 0 Å². The first-order valence-corrected chi connectivity index (χ1v) is 12.1. The Morgan fingerprint density at radius 2 is 1.76 bits per heavy atom. The number of hydrogen-bond acceptors (Lipinski definition) is 8. The zero-order valence-corrected chi connectivity index (χ0v) is 21.0. The number of hydrogen-bond donors (Lipinski definition) is 0. The normalized spacial score (nSPS) is 18.9. The number of carbonyl (C=O) groups is 2. The van der Waals surface area contributed by atoms with E-state index < -0.39 is 29.4 Å². The summed E-state index contributed by atoms with van der Waals surface area (Å²) in [5.41, 5.74) is 0.232. The van der Waals surface area contributed by atoms with E-state index in [2.05, 4.69) is 11.7 Å². The van der Waals surface area contributed by atoms with Crippen molar-refractivity contribution < 1.29 is 38.0 Å². The highest BCUT2D eigenvalue weighted by Gasteiger charge is 2.49. The molecular weight excluding hydrogens is 440 g/mol. The second kappa shape index (κ2) is 14.4. The summed E-state index contributed by atoms with van der Waals surface area (Å²) >= 11 is 0. The van der Waals surface area contributed by atoms with Crippen LogP contribution < -0.4 is 0 Å². The van der Waals surface area contributed by atoms with E-state index >= 15 is 0 Å². The quantitative estimate of drug-likeness (QED) is 0.194. The van der Waals surface area contributed by atoms with E-state index in [1.807, 2.05) is 44.2 Å². The van der Waals surface area contributed by atoms with Crippen LogP contribution in [0.5, 0.6) is 0 Å². The number of methoxy groups -OCH3 is 1. The van der Waals surface area contributed by atoms with Gasteiger partial charge >= 0.3 is 11.9 Å². The van der Waals surface area contributed by atoms with Crippen molar-refractivity contribution in [3.63, 3.8) is 0 Å². The topological polar surface area (TPSA) is 89.5 Å². The van der Waals surface area contributed by atoms with E-state index in [9.17, 15) is 9.59 Å². The molecule has 1 heterocycles. The van der Waals surface area contributed by atoms with Gasteiger partial charge in [-0.3, -0.25) is 9.59 Å². The fourth-order valence-corrected chi connectivity index (χ4v) is 3.95. The van der Waals surface area contributed by atoms with Gasteiger partial charge in [0.2, 0.25) is 0 Å². The lowest BCUT2D eigenvalue weighted by Gasteiger charge is -2.38. The third-order valence-electron chi connectivity index (χ3n) is 5.79. The fourth-order valence-electron chi connectivity index (χ4n) is 3.95. The van der Waals surface area contributed by atoms with Crippen molar-refractivity contribution in [1.82, 2.24) is 0 Å². The third kappa shape index (κ3) is 9.70. The average Bonchev–Trinajstić information content (AvgIpc) is 3.21. The maximum absolute atomic E-state index is 12.7. The molecule has 8 heteroatoms. The number of ether oxygens (including phenoxy) is 6. The molecule has 34 heavy (non-hydrogen) atoms. The summed E-state index contributed by atoms with van der Waals surface area (Å²) in [6, 6.07) is 9.91. The predicted octanol–water partition coefficient (Wildman–Crippen LogP) is 4.53. The summed E-state index contributed by atoms with van der Waals surface area (Å²) in [7, 11) is 1.30. The summed E-state index contributed by atoms with van der Waals surface area (Å²) in [6.45, 7) is 7.26. The zero-order chi connectivity index (χ0) is 24.9. The lowest BCUT2D eigenvalue weighted by Crippen LogP contribution is -2.48. The van der Waals surface area contributed by atoms with Crippen LogP contribution in [0.3, 0.4) is 0 Å². The molecule has 1 aliphatic rings. The van der Waals surface area contributed by atoms with E-state index in [-0.39, 0.29) is 19.6 Å². The molecule has 0 aromatic heterocycles. The Kier molecular flexibility index (Phi) is 12.0. The van der Waals surface area contributed by atoms with Crippen molar-refractivity contribution in [2.24, 2.45) is 0 Å². The number of unbranched alkanes of at least 4 members (excludes halogenated alkanes) is 1. The maximum Gasteiger partial charge on any atom is 0.307 e. The summed E-state index contributed by atoms with van der Waals surface area (Å²) < 4.78 is 33.9. The maximum atomic E-state index is 12.7. The van der Waals surface area contributed by atoms with E-state index in [4.69, 9.17) is 23.7 Å². The molecule has 0 N–H and O–H groups in total. The standard InChI is InChI=1S/C26H40O8/c1-5-6-15-26(22-19-32-25(2,3)33-22,34-24(28)14-13-23(27)29-4)16-10-17-30-20-31-18-21-11-8-7-9-12-21/h7-9,11-12,22H,5-6,10,13-20H2,1-4H3/t22-,26+/m0/s1. The van der Waals surface area contributed by atoms with Gasteiger partial charge in [-0.2, -0.15) is 0 Å². The van der Waals surface area contributed by atoms with Gasteiger partial charge in [-0.1, -0.05) is 43.7 Å². The monoisotopic (exact) mass is 480 g/mol. The van der Waals surface area contributed by atoms with Gasteiger partial charge in [0.1, 0.15) is 18.5 Å². The van der Waals surface area contributed by atoms with E-state index in [0.29, 0.717) is 39.1 Å². The Hall–Kier alpha value is -2.00. The molecular formula is C26H40O8. The summed E-state index contributed by atoms with van der Waals surface area (Å²) in [4.78, 5) is 24.2. The molecule has 1 aliphatic heterocycles. The zero-order valence-electron chi connectivity index (χ0n) is 21.0. The van der Waals surface area contributed by atoms with Crippen molar-refractivity contribution in [3.05, 3.63) is 35.9 Å². The summed E-state index contributed by atoms with van der Waals surface area (Å²) in [5, 5.41) is 0. The van der Waals surface area contributed by atoms with Crippen molar-refractivity contribution in [3.8, 4) is 0 Å². The van der Waals surface area contributed by atoms with Gasteiger partial charge in [-0.15, -0.1) is 0 Å². The Labute approximate surface area is 203 Å². The third-order valence-corrected chi connectivity index (χ3v) is 5.79. The Morgan fingerprint density at radius 1 is 1.06 bits per heavy atom. The molecule has 0 bridgehead atoms. The van der Waals surface area contributed by atoms with Crippen LogP contribution in [0.2, 0.25) is 0 Å². The highest BCUT2D eigenvalue weighted by atomic mass is 16.8. The molecule has 0 spiro atoms. The molecule has 2 atom stereocenters. The van der Waals surface area contributed by atoms with Crippen molar-refractivity contribution in [2.75, 3.05) is 27.1 Å². The molecule has 1 saturated heterocycles. The summed E-state index contributed by atoms with van der Waals surface area (Å²) in [6.07, 6.45) is 3.21. The summed E-state index contributed by atoms with van der Waals surface area (Å²) in [5.74, 6) is -1.63. The lowest BCUT2D eigenvalue weighted by molar-refractivity contribution is -0.198. The Morgan fingerprint density at radius 3 is 2.41 bits per heavy atom. The van der Waals surface area contributed by atoms with Gasteiger partial charge < -0.3 is 28.4 Å². The van der Waals surface area contributed by atoms with Crippen LogP contribution in [-0.2, 0) is 44.6 Å². The second-order valence-corrected chi connectivity index (χ2v) is 9.00. The number of benzene rings is 1. The fraction of sp³-hybridized carbons (Fsp3) is 0.692. The molecule has 1 aromatic rings. The van der Waals surface area contributed by atoms with Gasteiger partial charge in [0.05, 0.1) is 33.2 Å². The molecule has 192 valence electrons. The van der Waals surface area contributed by atoms with Gasteiger partial charge in [0.25, 0.3) is 0 Å². The minimum atomic E-state index is -0.856. The molecule has 1 aromatic carbocycles. The first kappa shape index (κ1) is 28.2. The molecule has 0 radical (unpaired) electrons. The first-order chi connectivity index (χ1) is 16.3. The van der Waals surface area contributed by atoms with E-state index in [1.165, 1.54) is 7.11 Å². The molecule has 0 saturated carbocycles. The molecule has 0 amide bonds. The van der Waals surface area contributed by atoms with Crippen molar-refractivity contribution in [1.29, 1.82) is 0 Å². The van der Waals surface area contributed by atoms with Crippen molar-refractivity contribution in [2.45, 2.75) is 89.8 Å². The van der Waals surface area contributed by atoms with E-state index in [1.54, 1.807) is 0 Å². The van der Waals surface area contributed by atoms with Gasteiger partial charge in [-0.25, -0.2) is 0 Å². The van der Waals surface area contributed by atoms with Gasteiger partial charge in [-0.05, 0) is 45.1 Å².